The Morgan fingerprint density at radius 1 is 1.03 bits per heavy atom. The molecule has 2 saturated heterocycles. The van der Waals surface area contributed by atoms with Crippen LogP contribution in [0, 0.1) is 0 Å². The molecule has 152 valence electrons. The van der Waals surface area contributed by atoms with Crippen molar-refractivity contribution in [1.29, 1.82) is 0 Å². The predicted molar refractivity (Wildman–Crippen MR) is 102 cm³/mol. The number of piperidine rings is 1. The molecule has 4 nitrogen and oxygen atoms in total. The molecule has 0 bridgehead atoms. The Morgan fingerprint density at radius 3 is 2.45 bits per heavy atom. The van der Waals surface area contributed by atoms with Gasteiger partial charge >= 0.3 is 6.18 Å². The first-order valence-corrected chi connectivity index (χ1v) is 9.72. The highest BCUT2D eigenvalue weighted by Gasteiger charge is 2.41. The number of rotatable bonds is 3. The van der Waals surface area contributed by atoms with Gasteiger partial charge < -0.3 is 10.2 Å². The van der Waals surface area contributed by atoms with Crippen molar-refractivity contribution >= 4 is 11.8 Å². The van der Waals surface area contributed by atoms with E-state index in [4.69, 9.17) is 0 Å². The van der Waals surface area contributed by atoms with Crippen LogP contribution in [0.15, 0.2) is 48.5 Å². The fraction of sp³-hybridized carbons (Fsp3) is 0.364. The van der Waals surface area contributed by atoms with Crippen LogP contribution in [-0.2, 0) is 11.0 Å². The normalized spacial score (nSPS) is 21.8. The Balaban J connectivity index is 1.55. The third-order valence-electron chi connectivity index (χ3n) is 5.72. The average Bonchev–Trinajstić information content (AvgIpc) is 3.03. The summed E-state index contributed by atoms with van der Waals surface area (Å²) in [6.45, 7) is 0.734. The van der Waals surface area contributed by atoms with Crippen molar-refractivity contribution in [1.82, 2.24) is 10.2 Å². The Bertz CT molecular complexity index is 924. The number of alkyl halides is 3. The molecule has 4 rings (SSSR count). The number of carbonyl (C=O) groups excluding carboxylic acids is 2. The molecule has 0 radical (unpaired) electrons. The fourth-order valence-corrected chi connectivity index (χ4v) is 4.24. The second-order valence-corrected chi connectivity index (χ2v) is 7.56. The zero-order valence-electron chi connectivity index (χ0n) is 15.7. The monoisotopic (exact) mass is 402 g/mol. The summed E-state index contributed by atoms with van der Waals surface area (Å²) in [5.74, 6) is -0.436. The number of benzene rings is 2. The van der Waals surface area contributed by atoms with Gasteiger partial charge in [0, 0.05) is 18.2 Å². The number of fused-ring (bicyclic) bond motifs is 1. The van der Waals surface area contributed by atoms with E-state index in [1.807, 2.05) is 4.90 Å². The highest BCUT2D eigenvalue weighted by atomic mass is 19.4. The molecule has 2 fully saturated rings. The summed E-state index contributed by atoms with van der Waals surface area (Å²) < 4.78 is 38.5. The number of halogens is 3. The minimum atomic E-state index is -4.41. The summed E-state index contributed by atoms with van der Waals surface area (Å²) in [6.07, 6.45) is -0.775. The second kappa shape index (κ2) is 7.54. The first-order chi connectivity index (χ1) is 13.8. The highest BCUT2D eigenvalue weighted by Crippen LogP contribution is 2.32. The summed E-state index contributed by atoms with van der Waals surface area (Å²) in [5, 5.41) is 2.84. The largest absolute Gasteiger partial charge is 0.416 e. The predicted octanol–water partition coefficient (Wildman–Crippen LogP) is 4.26. The lowest BCUT2D eigenvalue weighted by molar-refractivity contribution is -0.137. The van der Waals surface area contributed by atoms with Gasteiger partial charge in [0.1, 0.15) is 6.04 Å². The molecular weight excluding hydrogens is 381 g/mol. The Hall–Kier alpha value is -2.83. The number of nitrogens with one attached hydrogen (secondary N) is 1. The molecule has 2 aromatic carbocycles. The topological polar surface area (TPSA) is 49.4 Å². The fourth-order valence-electron chi connectivity index (χ4n) is 4.24. The number of amides is 2. The molecular formula is C22H21F3N2O2. The van der Waals surface area contributed by atoms with Crippen LogP contribution in [0.5, 0.6) is 0 Å². The molecule has 2 atom stereocenters. The van der Waals surface area contributed by atoms with Crippen molar-refractivity contribution in [3.8, 4) is 11.1 Å². The van der Waals surface area contributed by atoms with E-state index in [1.165, 1.54) is 12.1 Å². The molecule has 7 heteroatoms. The van der Waals surface area contributed by atoms with Crippen LogP contribution in [0.3, 0.4) is 0 Å². The van der Waals surface area contributed by atoms with Gasteiger partial charge in [-0.25, -0.2) is 0 Å². The van der Waals surface area contributed by atoms with E-state index in [-0.39, 0.29) is 11.9 Å². The SMILES string of the molecule is O=C(NC1CC2CCCCN2C1=O)c1ccccc1-c1ccc(C(F)(F)F)cc1. The Morgan fingerprint density at radius 2 is 1.76 bits per heavy atom. The third-order valence-corrected chi connectivity index (χ3v) is 5.72. The summed E-state index contributed by atoms with van der Waals surface area (Å²) in [4.78, 5) is 27.4. The minimum Gasteiger partial charge on any atom is -0.340 e. The molecule has 2 heterocycles. The number of hydrogen-bond donors (Lipinski definition) is 1. The van der Waals surface area contributed by atoms with Gasteiger partial charge in [-0.15, -0.1) is 0 Å². The third kappa shape index (κ3) is 3.86. The molecule has 0 spiro atoms. The zero-order valence-corrected chi connectivity index (χ0v) is 15.7. The maximum Gasteiger partial charge on any atom is 0.416 e. The molecule has 2 aromatic rings. The van der Waals surface area contributed by atoms with E-state index in [0.29, 0.717) is 23.1 Å². The van der Waals surface area contributed by atoms with Gasteiger partial charge in [-0.2, -0.15) is 13.2 Å². The van der Waals surface area contributed by atoms with Crippen LogP contribution in [0.2, 0.25) is 0 Å². The quantitative estimate of drug-likeness (QED) is 0.834. The van der Waals surface area contributed by atoms with E-state index in [0.717, 1.165) is 37.9 Å². The minimum absolute atomic E-state index is 0.0462. The van der Waals surface area contributed by atoms with Gasteiger partial charge in [-0.05, 0) is 55.0 Å². The van der Waals surface area contributed by atoms with E-state index >= 15 is 0 Å². The van der Waals surface area contributed by atoms with Crippen LogP contribution >= 0.6 is 0 Å². The lowest BCUT2D eigenvalue weighted by atomic mass is 9.97. The molecule has 0 aromatic heterocycles. The molecule has 29 heavy (non-hydrogen) atoms. The van der Waals surface area contributed by atoms with E-state index < -0.39 is 23.7 Å². The van der Waals surface area contributed by atoms with Crippen molar-refractivity contribution in [3.05, 3.63) is 59.7 Å². The lowest BCUT2D eigenvalue weighted by Gasteiger charge is -2.28. The molecule has 0 aliphatic carbocycles. The summed E-state index contributed by atoms with van der Waals surface area (Å²) >= 11 is 0. The highest BCUT2D eigenvalue weighted by molar-refractivity contribution is 6.03. The van der Waals surface area contributed by atoms with Crippen molar-refractivity contribution in [3.63, 3.8) is 0 Å². The van der Waals surface area contributed by atoms with Crippen molar-refractivity contribution < 1.29 is 22.8 Å². The maximum absolute atomic E-state index is 12.9. The van der Waals surface area contributed by atoms with Crippen LogP contribution < -0.4 is 5.32 Å². The Kier molecular flexibility index (Phi) is 5.06. The van der Waals surface area contributed by atoms with Gasteiger partial charge in [0.15, 0.2) is 0 Å². The molecule has 2 aliphatic rings. The van der Waals surface area contributed by atoms with Crippen molar-refractivity contribution in [2.24, 2.45) is 0 Å². The van der Waals surface area contributed by atoms with Crippen LogP contribution in [0.25, 0.3) is 11.1 Å². The second-order valence-electron chi connectivity index (χ2n) is 7.56. The molecule has 2 unspecified atom stereocenters. The summed E-state index contributed by atoms with van der Waals surface area (Å²) in [7, 11) is 0. The van der Waals surface area contributed by atoms with Gasteiger partial charge in [0.2, 0.25) is 5.91 Å². The van der Waals surface area contributed by atoms with Crippen LogP contribution in [0.4, 0.5) is 13.2 Å². The number of hydrogen-bond acceptors (Lipinski definition) is 2. The smallest absolute Gasteiger partial charge is 0.340 e. The zero-order chi connectivity index (χ0) is 20.6. The average molecular weight is 402 g/mol. The molecule has 2 amide bonds. The summed E-state index contributed by atoms with van der Waals surface area (Å²) in [6, 6.07) is 11.1. The van der Waals surface area contributed by atoms with Crippen molar-refractivity contribution in [2.45, 2.75) is 43.9 Å². The van der Waals surface area contributed by atoms with Gasteiger partial charge in [-0.1, -0.05) is 30.3 Å². The maximum atomic E-state index is 12.9. The van der Waals surface area contributed by atoms with Crippen LogP contribution in [-0.4, -0.2) is 35.3 Å². The standard InChI is InChI=1S/C22H21F3N2O2/c23-22(24,25)15-10-8-14(9-11-15)17-6-1-2-7-18(17)20(28)26-19-13-16-5-3-4-12-27(16)21(19)29/h1-2,6-11,16,19H,3-5,12-13H2,(H,26,28). The van der Waals surface area contributed by atoms with Crippen LogP contribution in [0.1, 0.15) is 41.6 Å². The van der Waals surface area contributed by atoms with Gasteiger partial charge in [0.05, 0.1) is 5.56 Å². The molecule has 2 aliphatic heterocycles. The Labute approximate surface area is 166 Å². The van der Waals surface area contributed by atoms with E-state index in [2.05, 4.69) is 5.32 Å². The molecule has 0 saturated carbocycles. The van der Waals surface area contributed by atoms with Gasteiger partial charge in [0.25, 0.3) is 5.91 Å². The van der Waals surface area contributed by atoms with E-state index in [9.17, 15) is 22.8 Å². The van der Waals surface area contributed by atoms with Gasteiger partial charge in [-0.3, -0.25) is 9.59 Å². The lowest BCUT2D eigenvalue weighted by Crippen LogP contribution is -2.43. The van der Waals surface area contributed by atoms with Crippen molar-refractivity contribution in [2.75, 3.05) is 6.54 Å². The first kappa shape index (κ1) is 19.5. The van der Waals surface area contributed by atoms with E-state index in [1.54, 1.807) is 24.3 Å². The molecule has 1 N–H and O–H groups in total. The first-order valence-electron chi connectivity index (χ1n) is 9.72. The summed E-state index contributed by atoms with van der Waals surface area (Å²) in [5.41, 5.74) is 0.641. The number of carbonyl (C=O) groups is 2. The number of nitrogens with zero attached hydrogens (tertiary/aromatic N) is 1.